The highest BCUT2D eigenvalue weighted by Crippen LogP contribution is 2.29. The van der Waals surface area contributed by atoms with E-state index in [4.69, 9.17) is 0 Å². The fraction of sp³-hybridized carbons (Fsp3) is 0.200. The van der Waals surface area contributed by atoms with Gasteiger partial charge in [0.05, 0.1) is 6.04 Å². The van der Waals surface area contributed by atoms with Gasteiger partial charge in [-0.25, -0.2) is 8.78 Å². The Kier molecular flexibility index (Phi) is 4.66. The van der Waals surface area contributed by atoms with Gasteiger partial charge in [-0.2, -0.15) is 0 Å². The summed E-state index contributed by atoms with van der Waals surface area (Å²) in [4.78, 5) is 0. The van der Waals surface area contributed by atoms with Gasteiger partial charge in [0.15, 0.2) is 0 Å². The van der Waals surface area contributed by atoms with Crippen molar-refractivity contribution in [1.82, 2.24) is 5.32 Å². The van der Waals surface area contributed by atoms with Gasteiger partial charge in [-0.3, -0.25) is 0 Å². The molecule has 2 rings (SSSR count). The van der Waals surface area contributed by atoms with Gasteiger partial charge < -0.3 is 5.32 Å². The van der Waals surface area contributed by atoms with Crippen LogP contribution >= 0.6 is 15.9 Å². The molecule has 1 unspecified atom stereocenters. The highest BCUT2D eigenvalue weighted by Gasteiger charge is 2.21. The lowest BCUT2D eigenvalue weighted by Gasteiger charge is -2.20. The standard InChI is InChI=1S/C15H14BrF2N/c1-2-19-15(10-6-4-3-5-7-10)14-12(17)8-11(16)9-13(14)18/h3-9,15,19H,2H2,1H3. The maximum atomic E-state index is 14.1. The van der Waals surface area contributed by atoms with E-state index in [1.54, 1.807) is 0 Å². The van der Waals surface area contributed by atoms with Gasteiger partial charge in [-0.1, -0.05) is 53.2 Å². The Morgan fingerprint density at radius 3 is 2.21 bits per heavy atom. The Balaban J connectivity index is 2.51. The molecule has 0 aliphatic heterocycles. The van der Waals surface area contributed by atoms with Crippen molar-refractivity contribution >= 4 is 15.9 Å². The first-order chi connectivity index (χ1) is 9.13. The second-order valence-corrected chi connectivity index (χ2v) is 5.10. The summed E-state index contributed by atoms with van der Waals surface area (Å²) in [5.41, 5.74) is 0.890. The molecule has 4 heteroatoms. The van der Waals surface area contributed by atoms with Crippen molar-refractivity contribution in [2.75, 3.05) is 6.54 Å². The molecule has 0 saturated carbocycles. The highest BCUT2D eigenvalue weighted by atomic mass is 79.9. The fourth-order valence-electron chi connectivity index (χ4n) is 2.07. The summed E-state index contributed by atoms with van der Waals surface area (Å²) >= 11 is 3.09. The smallest absolute Gasteiger partial charge is 0.132 e. The molecule has 0 saturated heterocycles. The molecule has 0 bridgehead atoms. The van der Waals surface area contributed by atoms with Gasteiger partial charge in [-0.15, -0.1) is 0 Å². The van der Waals surface area contributed by atoms with Crippen molar-refractivity contribution in [3.8, 4) is 0 Å². The topological polar surface area (TPSA) is 12.0 Å². The molecule has 0 heterocycles. The molecular weight excluding hydrogens is 312 g/mol. The second kappa shape index (κ2) is 6.26. The van der Waals surface area contributed by atoms with Crippen LogP contribution in [0.1, 0.15) is 24.1 Å². The van der Waals surface area contributed by atoms with Crippen LogP contribution in [0.4, 0.5) is 8.78 Å². The number of hydrogen-bond donors (Lipinski definition) is 1. The van der Waals surface area contributed by atoms with Crippen LogP contribution < -0.4 is 5.32 Å². The zero-order valence-corrected chi connectivity index (χ0v) is 12.0. The average molecular weight is 326 g/mol. The van der Waals surface area contributed by atoms with Crippen LogP contribution in [0.25, 0.3) is 0 Å². The zero-order chi connectivity index (χ0) is 13.8. The van der Waals surface area contributed by atoms with E-state index in [9.17, 15) is 8.78 Å². The van der Waals surface area contributed by atoms with Crippen LogP contribution in [-0.2, 0) is 0 Å². The van der Waals surface area contributed by atoms with E-state index in [0.29, 0.717) is 11.0 Å². The minimum absolute atomic E-state index is 0.0521. The summed E-state index contributed by atoms with van der Waals surface area (Å²) in [7, 11) is 0. The van der Waals surface area contributed by atoms with Crippen molar-refractivity contribution in [3.05, 3.63) is 69.7 Å². The summed E-state index contributed by atoms with van der Waals surface area (Å²) in [6, 6.07) is 11.4. The van der Waals surface area contributed by atoms with Crippen LogP contribution in [0.3, 0.4) is 0 Å². The molecule has 2 aromatic carbocycles. The van der Waals surface area contributed by atoms with E-state index in [1.165, 1.54) is 12.1 Å². The number of halogens is 3. The molecule has 0 aliphatic rings. The Bertz CT molecular complexity index is 534. The molecule has 0 aliphatic carbocycles. The van der Waals surface area contributed by atoms with Gasteiger partial charge in [0.25, 0.3) is 0 Å². The first kappa shape index (κ1) is 14.2. The van der Waals surface area contributed by atoms with E-state index in [2.05, 4.69) is 21.2 Å². The molecule has 100 valence electrons. The van der Waals surface area contributed by atoms with Crippen molar-refractivity contribution in [1.29, 1.82) is 0 Å². The number of hydrogen-bond acceptors (Lipinski definition) is 1. The number of benzene rings is 2. The van der Waals surface area contributed by atoms with E-state index in [1.807, 2.05) is 37.3 Å². The van der Waals surface area contributed by atoms with Crippen molar-refractivity contribution in [3.63, 3.8) is 0 Å². The van der Waals surface area contributed by atoms with Gasteiger partial charge in [-0.05, 0) is 24.2 Å². The lowest BCUT2D eigenvalue weighted by atomic mass is 9.97. The van der Waals surface area contributed by atoms with Crippen molar-refractivity contribution < 1.29 is 8.78 Å². The Morgan fingerprint density at radius 1 is 1.11 bits per heavy atom. The zero-order valence-electron chi connectivity index (χ0n) is 10.5. The minimum atomic E-state index is -0.554. The molecule has 0 radical (unpaired) electrons. The van der Waals surface area contributed by atoms with Crippen LogP contribution in [0.5, 0.6) is 0 Å². The van der Waals surface area contributed by atoms with Crippen molar-refractivity contribution in [2.24, 2.45) is 0 Å². The lowest BCUT2D eigenvalue weighted by Crippen LogP contribution is -2.24. The molecule has 19 heavy (non-hydrogen) atoms. The summed E-state index contributed by atoms with van der Waals surface area (Å²) in [6.07, 6.45) is 0. The predicted molar refractivity (Wildman–Crippen MR) is 76.0 cm³/mol. The Morgan fingerprint density at radius 2 is 1.68 bits per heavy atom. The summed E-state index contributed by atoms with van der Waals surface area (Å²) in [5.74, 6) is -1.11. The molecule has 0 fully saturated rings. The Labute approximate surface area is 119 Å². The van der Waals surface area contributed by atoms with Crippen LogP contribution in [0.15, 0.2) is 46.9 Å². The predicted octanol–water partition coefficient (Wildman–Crippen LogP) is 4.43. The summed E-state index contributed by atoms with van der Waals surface area (Å²) in [6.45, 7) is 2.53. The normalized spacial score (nSPS) is 12.4. The molecule has 1 atom stereocenters. The van der Waals surface area contributed by atoms with Crippen LogP contribution in [0.2, 0.25) is 0 Å². The van der Waals surface area contributed by atoms with Gasteiger partial charge in [0.2, 0.25) is 0 Å². The largest absolute Gasteiger partial charge is 0.306 e. The minimum Gasteiger partial charge on any atom is -0.306 e. The maximum absolute atomic E-state index is 14.1. The van der Waals surface area contributed by atoms with Crippen molar-refractivity contribution in [2.45, 2.75) is 13.0 Å². The SMILES string of the molecule is CCNC(c1ccccc1)c1c(F)cc(Br)cc1F. The molecule has 0 aromatic heterocycles. The molecule has 2 aromatic rings. The molecule has 1 nitrogen and oxygen atoms in total. The third-order valence-corrected chi connectivity index (χ3v) is 3.33. The first-order valence-electron chi connectivity index (χ1n) is 6.06. The summed E-state index contributed by atoms with van der Waals surface area (Å²) < 4.78 is 28.5. The fourth-order valence-corrected chi connectivity index (χ4v) is 2.47. The number of nitrogens with one attached hydrogen (secondary N) is 1. The third-order valence-electron chi connectivity index (χ3n) is 2.87. The van der Waals surface area contributed by atoms with Crippen LogP contribution in [-0.4, -0.2) is 6.54 Å². The molecule has 1 N–H and O–H groups in total. The number of rotatable bonds is 4. The first-order valence-corrected chi connectivity index (χ1v) is 6.85. The highest BCUT2D eigenvalue weighted by molar-refractivity contribution is 9.10. The maximum Gasteiger partial charge on any atom is 0.132 e. The molecule has 0 amide bonds. The van der Waals surface area contributed by atoms with E-state index in [-0.39, 0.29) is 5.56 Å². The van der Waals surface area contributed by atoms with E-state index in [0.717, 1.165) is 5.56 Å². The Hall–Kier alpha value is -1.26. The summed E-state index contributed by atoms with van der Waals surface area (Å²) in [5, 5.41) is 3.12. The van der Waals surface area contributed by atoms with E-state index < -0.39 is 17.7 Å². The van der Waals surface area contributed by atoms with E-state index >= 15 is 0 Å². The quantitative estimate of drug-likeness (QED) is 0.877. The van der Waals surface area contributed by atoms with Gasteiger partial charge in [0.1, 0.15) is 11.6 Å². The van der Waals surface area contributed by atoms with Gasteiger partial charge >= 0.3 is 0 Å². The second-order valence-electron chi connectivity index (χ2n) is 4.18. The average Bonchev–Trinajstić information content (AvgIpc) is 2.37. The molecular formula is C15H14BrF2N. The lowest BCUT2D eigenvalue weighted by molar-refractivity contribution is 0.509. The van der Waals surface area contributed by atoms with Crippen LogP contribution in [0, 0.1) is 11.6 Å². The monoisotopic (exact) mass is 325 g/mol. The molecule has 0 spiro atoms. The van der Waals surface area contributed by atoms with Gasteiger partial charge in [0, 0.05) is 10.0 Å². The third kappa shape index (κ3) is 3.19.